The van der Waals surface area contributed by atoms with Gasteiger partial charge in [-0.25, -0.2) is 0 Å². The lowest BCUT2D eigenvalue weighted by atomic mass is 10.1. The maximum absolute atomic E-state index is 6.17. The van der Waals surface area contributed by atoms with Gasteiger partial charge >= 0.3 is 0 Å². The lowest BCUT2D eigenvalue weighted by Crippen LogP contribution is -2.00. The summed E-state index contributed by atoms with van der Waals surface area (Å²) in [4.78, 5) is 0. The van der Waals surface area contributed by atoms with Gasteiger partial charge in [-0.15, -0.1) is 0 Å². The molecule has 0 aliphatic heterocycles. The first kappa shape index (κ1) is 17.4. The highest BCUT2D eigenvalue weighted by Crippen LogP contribution is 2.24. The molecule has 0 unspecified atom stereocenters. The highest BCUT2D eigenvalue weighted by atomic mass is 35.5. The van der Waals surface area contributed by atoms with Crippen LogP contribution in [-0.2, 0) is 13.2 Å². The molecular formula is C24H20ClNO. The van der Waals surface area contributed by atoms with E-state index in [0.717, 1.165) is 28.6 Å². The van der Waals surface area contributed by atoms with Gasteiger partial charge in [0.25, 0.3) is 0 Å². The van der Waals surface area contributed by atoms with Crippen LogP contribution in [0, 0.1) is 0 Å². The van der Waals surface area contributed by atoms with Crippen molar-refractivity contribution < 1.29 is 4.74 Å². The zero-order valence-corrected chi connectivity index (χ0v) is 15.6. The van der Waals surface area contributed by atoms with Crippen LogP contribution in [0.1, 0.15) is 11.1 Å². The van der Waals surface area contributed by atoms with Crippen molar-refractivity contribution in [3.8, 4) is 5.75 Å². The molecule has 4 rings (SSSR count). The lowest BCUT2D eigenvalue weighted by Gasteiger charge is -2.11. The molecule has 0 spiro atoms. The molecule has 0 aliphatic rings. The minimum atomic E-state index is 0.466. The Kier molecular flexibility index (Phi) is 5.27. The number of rotatable bonds is 6. The first-order valence-corrected chi connectivity index (χ1v) is 9.34. The molecule has 0 saturated carbocycles. The van der Waals surface area contributed by atoms with Crippen LogP contribution >= 0.6 is 11.6 Å². The third kappa shape index (κ3) is 4.24. The van der Waals surface area contributed by atoms with Crippen molar-refractivity contribution in [2.75, 3.05) is 5.32 Å². The number of nitrogens with one attached hydrogen (secondary N) is 1. The van der Waals surface area contributed by atoms with E-state index in [-0.39, 0.29) is 0 Å². The second-order valence-corrected chi connectivity index (χ2v) is 6.81. The highest BCUT2D eigenvalue weighted by molar-refractivity contribution is 6.31. The van der Waals surface area contributed by atoms with Crippen molar-refractivity contribution in [1.82, 2.24) is 0 Å². The third-order valence-electron chi connectivity index (χ3n) is 4.55. The predicted molar refractivity (Wildman–Crippen MR) is 114 cm³/mol. The molecule has 27 heavy (non-hydrogen) atoms. The number of ether oxygens (including phenoxy) is 1. The van der Waals surface area contributed by atoms with Gasteiger partial charge in [0.1, 0.15) is 12.4 Å². The summed E-state index contributed by atoms with van der Waals surface area (Å²) < 4.78 is 5.84. The van der Waals surface area contributed by atoms with E-state index in [1.807, 2.05) is 36.4 Å². The molecule has 0 saturated heterocycles. The Hall–Kier alpha value is -2.97. The Balaban J connectivity index is 1.38. The van der Waals surface area contributed by atoms with E-state index in [9.17, 15) is 0 Å². The second-order valence-electron chi connectivity index (χ2n) is 6.40. The predicted octanol–water partition coefficient (Wildman–Crippen LogP) is 6.68. The molecule has 0 aliphatic carbocycles. The fourth-order valence-electron chi connectivity index (χ4n) is 3.06. The van der Waals surface area contributed by atoms with Gasteiger partial charge in [-0.05, 0) is 35.2 Å². The van der Waals surface area contributed by atoms with Crippen molar-refractivity contribution in [3.05, 3.63) is 107 Å². The Labute approximate surface area is 164 Å². The van der Waals surface area contributed by atoms with Crippen LogP contribution in [0.4, 0.5) is 5.69 Å². The van der Waals surface area contributed by atoms with Gasteiger partial charge in [-0.1, -0.05) is 78.3 Å². The average molecular weight is 374 g/mol. The van der Waals surface area contributed by atoms with E-state index >= 15 is 0 Å². The lowest BCUT2D eigenvalue weighted by molar-refractivity contribution is 0.306. The second kappa shape index (κ2) is 8.15. The van der Waals surface area contributed by atoms with E-state index in [0.29, 0.717) is 6.61 Å². The van der Waals surface area contributed by atoms with Crippen LogP contribution in [-0.4, -0.2) is 0 Å². The molecule has 0 atom stereocenters. The minimum Gasteiger partial charge on any atom is -0.489 e. The van der Waals surface area contributed by atoms with Gasteiger partial charge in [0.05, 0.1) is 0 Å². The fourth-order valence-corrected chi connectivity index (χ4v) is 3.25. The number of halogens is 1. The topological polar surface area (TPSA) is 21.3 Å². The molecule has 0 amide bonds. The van der Waals surface area contributed by atoms with Crippen LogP contribution in [0.5, 0.6) is 5.75 Å². The largest absolute Gasteiger partial charge is 0.489 e. The summed E-state index contributed by atoms with van der Waals surface area (Å²) >= 11 is 6.17. The van der Waals surface area contributed by atoms with Crippen molar-refractivity contribution in [2.24, 2.45) is 0 Å². The normalized spacial score (nSPS) is 10.7. The highest BCUT2D eigenvalue weighted by Gasteiger charge is 2.02. The molecule has 4 aromatic carbocycles. The Bertz CT molecular complexity index is 1040. The molecular weight excluding hydrogens is 354 g/mol. The molecule has 134 valence electrons. The summed E-state index contributed by atoms with van der Waals surface area (Å²) in [5.74, 6) is 0.837. The van der Waals surface area contributed by atoms with Crippen molar-refractivity contribution in [2.45, 2.75) is 13.2 Å². The van der Waals surface area contributed by atoms with Crippen LogP contribution < -0.4 is 10.1 Å². The molecule has 0 heterocycles. The SMILES string of the molecule is Clc1ccccc1COc1ccc(CNc2cccc3ccccc23)cc1. The van der Waals surface area contributed by atoms with Gasteiger partial charge in [0, 0.05) is 28.2 Å². The number of anilines is 1. The van der Waals surface area contributed by atoms with E-state index in [1.54, 1.807) is 0 Å². The smallest absolute Gasteiger partial charge is 0.119 e. The standard InChI is InChI=1S/C24H20ClNO/c25-23-10-4-2-7-20(23)17-27-21-14-12-18(13-15-21)16-26-24-11-5-8-19-6-1-3-9-22(19)24/h1-15,26H,16-17H2. The molecule has 0 bridgehead atoms. The number of benzene rings is 4. The Morgan fingerprint density at radius 3 is 2.33 bits per heavy atom. The molecule has 0 fully saturated rings. The van der Waals surface area contributed by atoms with E-state index < -0.39 is 0 Å². The number of hydrogen-bond donors (Lipinski definition) is 1. The summed E-state index contributed by atoms with van der Waals surface area (Å²) in [6.45, 7) is 1.23. The molecule has 0 radical (unpaired) electrons. The van der Waals surface area contributed by atoms with Gasteiger partial charge in [0.15, 0.2) is 0 Å². The summed E-state index contributed by atoms with van der Waals surface area (Å²) in [6, 6.07) is 30.6. The van der Waals surface area contributed by atoms with Crippen LogP contribution in [0.3, 0.4) is 0 Å². The zero-order chi connectivity index (χ0) is 18.5. The maximum Gasteiger partial charge on any atom is 0.119 e. The molecule has 2 nitrogen and oxygen atoms in total. The van der Waals surface area contributed by atoms with Crippen molar-refractivity contribution >= 4 is 28.1 Å². The Morgan fingerprint density at radius 1 is 0.741 bits per heavy atom. The Morgan fingerprint density at radius 2 is 1.48 bits per heavy atom. The molecule has 3 heteroatoms. The van der Waals surface area contributed by atoms with Gasteiger partial charge < -0.3 is 10.1 Å². The number of fused-ring (bicyclic) bond motifs is 1. The van der Waals surface area contributed by atoms with Gasteiger partial charge in [-0.3, -0.25) is 0 Å². The first-order chi connectivity index (χ1) is 13.3. The molecule has 1 N–H and O–H groups in total. The molecule has 4 aromatic rings. The van der Waals surface area contributed by atoms with Crippen molar-refractivity contribution in [3.63, 3.8) is 0 Å². The fraction of sp³-hybridized carbons (Fsp3) is 0.0833. The average Bonchev–Trinajstić information content (AvgIpc) is 2.72. The van der Waals surface area contributed by atoms with Crippen LogP contribution in [0.2, 0.25) is 5.02 Å². The van der Waals surface area contributed by atoms with Crippen LogP contribution in [0.15, 0.2) is 91.0 Å². The maximum atomic E-state index is 6.17. The quantitative estimate of drug-likeness (QED) is 0.406. The van der Waals surface area contributed by atoms with E-state index in [4.69, 9.17) is 16.3 Å². The summed E-state index contributed by atoms with van der Waals surface area (Å²) in [7, 11) is 0. The minimum absolute atomic E-state index is 0.466. The first-order valence-electron chi connectivity index (χ1n) is 8.96. The van der Waals surface area contributed by atoms with Gasteiger partial charge in [0.2, 0.25) is 0 Å². The molecule has 0 aromatic heterocycles. The van der Waals surface area contributed by atoms with Gasteiger partial charge in [-0.2, -0.15) is 0 Å². The zero-order valence-electron chi connectivity index (χ0n) is 14.9. The summed E-state index contributed by atoms with van der Waals surface area (Å²) in [5.41, 5.74) is 3.33. The third-order valence-corrected chi connectivity index (χ3v) is 4.92. The van der Waals surface area contributed by atoms with Crippen molar-refractivity contribution in [1.29, 1.82) is 0 Å². The monoisotopic (exact) mass is 373 g/mol. The summed E-state index contributed by atoms with van der Waals surface area (Å²) in [6.07, 6.45) is 0. The summed E-state index contributed by atoms with van der Waals surface area (Å²) in [5, 5.41) is 6.74. The van der Waals surface area contributed by atoms with E-state index in [2.05, 4.69) is 59.9 Å². The van der Waals surface area contributed by atoms with E-state index in [1.165, 1.54) is 16.3 Å². The van der Waals surface area contributed by atoms with Crippen LogP contribution in [0.25, 0.3) is 10.8 Å². The number of hydrogen-bond acceptors (Lipinski definition) is 2.